The molecule has 0 radical (unpaired) electrons. The lowest BCUT2D eigenvalue weighted by atomic mass is 10.3. The molecule has 0 atom stereocenters. The van der Waals surface area contributed by atoms with Crippen molar-refractivity contribution in [1.82, 2.24) is 9.97 Å². The van der Waals surface area contributed by atoms with Crippen LogP contribution in [-0.4, -0.2) is 28.1 Å². The topological polar surface area (TPSA) is 66.3 Å². The van der Waals surface area contributed by atoms with Gasteiger partial charge in [0.2, 0.25) is 5.95 Å². The van der Waals surface area contributed by atoms with Crippen LogP contribution in [0.15, 0.2) is 42.7 Å². The number of rotatable bonds is 4. The molecule has 5 nitrogen and oxygen atoms in total. The van der Waals surface area contributed by atoms with Crippen molar-refractivity contribution >= 4 is 23.7 Å². The Morgan fingerprint density at radius 2 is 1.85 bits per heavy atom. The number of halogens is 1. The Morgan fingerprint density at radius 3 is 2.40 bits per heavy atom. The Morgan fingerprint density at radius 1 is 1.25 bits per heavy atom. The second-order valence-corrected chi connectivity index (χ2v) is 4.02. The van der Waals surface area contributed by atoms with E-state index < -0.39 is 5.97 Å². The molecule has 0 aliphatic heterocycles. The highest BCUT2D eigenvalue weighted by Crippen LogP contribution is 2.19. The third kappa shape index (κ3) is 3.38. The van der Waals surface area contributed by atoms with Crippen LogP contribution >= 0.6 is 0 Å². The van der Waals surface area contributed by atoms with Gasteiger partial charge in [-0.1, -0.05) is 0 Å². The van der Waals surface area contributed by atoms with E-state index in [1.165, 1.54) is 30.6 Å². The number of nitrogens with zero attached hydrogens (tertiary/aromatic N) is 3. The minimum atomic E-state index is -1.03. The number of carboxylic acids is 1. The van der Waals surface area contributed by atoms with Crippen molar-refractivity contribution in [2.24, 2.45) is 0 Å². The third-order valence-electron chi connectivity index (χ3n) is 2.59. The van der Waals surface area contributed by atoms with E-state index in [0.29, 0.717) is 11.5 Å². The van der Waals surface area contributed by atoms with Crippen LogP contribution in [-0.2, 0) is 4.79 Å². The second kappa shape index (κ2) is 5.92. The smallest absolute Gasteiger partial charge is 0.328 e. The molecule has 0 amide bonds. The molecule has 2 aromatic rings. The molecule has 0 spiro atoms. The van der Waals surface area contributed by atoms with Gasteiger partial charge in [-0.05, 0) is 30.3 Å². The molecule has 2 rings (SSSR count). The molecule has 0 aliphatic rings. The number of aromatic nitrogens is 2. The summed E-state index contributed by atoms with van der Waals surface area (Å²) in [6.45, 7) is 0. The molecule has 0 saturated carbocycles. The van der Waals surface area contributed by atoms with E-state index in [2.05, 4.69) is 9.97 Å². The summed E-state index contributed by atoms with van der Waals surface area (Å²) in [5.74, 6) is -0.904. The molecule has 1 aromatic carbocycles. The molecule has 102 valence electrons. The zero-order valence-corrected chi connectivity index (χ0v) is 10.7. The molecule has 1 heterocycles. The van der Waals surface area contributed by atoms with Crippen molar-refractivity contribution in [3.63, 3.8) is 0 Å². The van der Waals surface area contributed by atoms with Crippen LogP contribution in [0.5, 0.6) is 0 Å². The number of hydrogen-bond acceptors (Lipinski definition) is 4. The van der Waals surface area contributed by atoms with E-state index in [1.807, 2.05) is 0 Å². The maximum absolute atomic E-state index is 12.9. The summed E-state index contributed by atoms with van der Waals surface area (Å²) < 4.78 is 12.9. The lowest BCUT2D eigenvalue weighted by Gasteiger charge is -2.16. The van der Waals surface area contributed by atoms with Gasteiger partial charge in [-0.2, -0.15) is 0 Å². The van der Waals surface area contributed by atoms with E-state index in [4.69, 9.17) is 5.11 Å². The summed E-state index contributed by atoms with van der Waals surface area (Å²) in [5, 5.41) is 8.52. The van der Waals surface area contributed by atoms with Gasteiger partial charge >= 0.3 is 5.97 Å². The van der Waals surface area contributed by atoms with Crippen LogP contribution in [0, 0.1) is 5.82 Å². The van der Waals surface area contributed by atoms with Crippen molar-refractivity contribution in [3.8, 4) is 0 Å². The van der Waals surface area contributed by atoms with E-state index in [-0.39, 0.29) is 5.82 Å². The van der Waals surface area contributed by atoms with Crippen LogP contribution in [0.1, 0.15) is 5.56 Å². The van der Waals surface area contributed by atoms with Crippen molar-refractivity contribution < 1.29 is 14.3 Å². The van der Waals surface area contributed by atoms with Gasteiger partial charge in [0.05, 0.1) is 0 Å². The number of aliphatic carboxylic acids is 1. The molecule has 0 unspecified atom stereocenters. The Balaban J connectivity index is 2.17. The Bertz CT molecular complexity index is 624. The summed E-state index contributed by atoms with van der Waals surface area (Å²) >= 11 is 0. The molecule has 1 aromatic heterocycles. The van der Waals surface area contributed by atoms with E-state index in [9.17, 15) is 9.18 Å². The van der Waals surface area contributed by atoms with E-state index in [0.717, 1.165) is 11.8 Å². The summed E-state index contributed by atoms with van der Waals surface area (Å²) in [7, 11) is 1.76. The highest BCUT2D eigenvalue weighted by Gasteiger charge is 2.06. The first-order valence-corrected chi connectivity index (χ1v) is 5.78. The first-order chi connectivity index (χ1) is 9.56. The lowest BCUT2D eigenvalue weighted by Crippen LogP contribution is -2.12. The third-order valence-corrected chi connectivity index (χ3v) is 2.59. The molecule has 1 N–H and O–H groups in total. The lowest BCUT2D eigenvalue weighted by molar-refractivity contribution is -0.131. The number of benzene rings is 1. The van der Waals surface area contributed by atoms with Crippen LogP contribution in [0.4, 0.5) is 16.0 Å². The Kier molecular flexibility index (Phi) is 4.05. The fraction of sp³-hybridized carbons (Fsp3) is 0.0714. The first kappa shape index (κ1) is 13.7. The average Bonchev–Trinajstić information content (AvgIpc) is 2.46. The molecule has 6 heteroatoms. The Hall–Kier alpha value is -2.76. The summed E-state index contributed by atoms with van der Waals surface area (Å²) in [5.41, 5.74) is 1.34. The van der Waals surface area contributed by atoms with Gasteiger partial charge in [-0.25, -0.2) is 19.2 Å². The van der Waals surface area contributed by atoms with E-state index in [1.54, 1.807) is 24.1 Å². The quantitative estimate of drug-likeness (QED) is 0.867. The fourth-order valence-corrected chi connectivity index (χ4v) is 1.54. The van der Waals surface area contributed by atoms with Crippen molar-refractivity contribution in [2.45, 2.75) is 0 Å². The molecule has 20 heavy (non-hydrogen) atoms. The van der Waals surface area contributed by atoms with Crippen molar-refractivity contribution in [3.05, 3.63) is 54.1 Å². The minimum Gasteiger partial charge on any atom is -0.478 e. The van der Waals surface area contributed by atoms with Crippen molar-refractivity contribution in [1.29, 1.82) is 0 Å². The van der Waals surface area contributed by atoms with Crippen molar-refractivity contribution in [2.75, 3.05) is 11.9 Å². The molecule has 0 bridgehead atoms. The van der Waals surface area contributed by atoms with Gasteiger partial charge in [0.15, 0.2) is 0 Å². The summed E-state index contributed by atoms with van der Waals surface area (Å²) in [4.78, 5) is 20.4. The number of carboxylic acid groups (broad SMARTS) is 1. The SMILES string of the molecule is CN(c1ccc(F)cc1)c1ncc(/C=C/C(=O)O)cn1. The zero-order valence-electron chi connectivity index (χ0n) is 10.7. The summed E-state index contributed by atoms with van der Waals surface area (Å²) in [6.07, 6.45) is 5.45. The maximum atomic E-state index is 12.9. The monoisotopic (exact) mass is 273 g/mol. The number of hydrogen-bond donors (Lipinski definition) is 1. The van der Waals surface area contributed by atoms with Gasteiger partial charge in [-0.3, -0.25) is 0 Å². The zero-order chi connectivity index (χ0) is 14.5. The maximum Gasteiger partial charge on any atom is 0.328 e. The van der Waals surface area contributed by atoms with Crippen LogP contribution < -0.4 is 4.90 Å². The van der Waals surface area contributed by atoms with Crippen LogP contribution in [0.2, 0.25) is 0 Å². The molecule has 0 aliphatic carbocycles. The predicted molar refractivity (Wildman–Crippen MR) is 73.2 cm³/mol. The van der Waals surface area contributed by atoms with Gasteiger partial charge in [0.1, 0.15) is 5.82 Å². The molecule has 0 saturated heterocycles. The van der Waals surface area contributed by atoms with Gasteiger partial charge in [0, 0.05) is 36.8 Å². The number of carbonyl (C=O) groups is 1. The first-order valence-electron chi connectivity index (χ1n) is 5.78. The predicted octanol–water partition coefficient (Wildman–Crippen LogP) is 2.48. The largest absolute Gasteiger partial charge is 0.478 e. The van der Waals surface area contributed by atoms with Crippen LogP contribution in [0.25, 0.3) is 6.08 Å². The van der Waals surface area contributed by atoms with Gasteiger partial charge in [0.25, 0.3) is 0 Å². The summed E-state index contributed by atoms with van der Waals surface area (Å²) in [6, 6.07) is 5.96. The molecule has 0 fully saturated rings. The highest BCUT2D eigenvalue weighted by atomic mass is 19.1. The van der Waals surface area contributed by atoms with Crippen LogP contribution in [0.3, 0.4) is 0 Å². The second-order valence-electron chi connectivity index (χ2n) is 4.02. The van der Waals surface area contributed by atoms with Gasteiger partial charge < -0.3 is 10.0 Å². The van der Waals surface area contributed by atoms with Gasteiger partial charge in [-0.15, -0.1) is 0 Å². The molecular formula is C14H12FN3O2. The average molecular weight is 273 g/mol. The van der Waals surface area contributed by atoms with E-state index >= 15 is 0 Å². The molecular weight excluding hydrogens is 261 g/mol. The standard InChI is InChI=1S/C14H12FN3O2/c1-18(12-5-3-11(15)4-6-12)14-16-8-10(9-17-14)2-7-13(19)20/h2-9H,1H3,(H,19,20)/b7-2+. The normalized spacial score (nSPS) is 10.7. The highest BCUT2D eigenvalue weighted by molar-refractivity contribution is 5.85. The Labute approximate surface area is 115 Å². The minimum absolute atomic E-state index is 0.308. The number of anilines is 2. The fourth-order valence-electron chi connectivity index (χ4n) is 1.54.